The Hall–Kier alpha value is -2.21. The molecule has 0 aliphatic carbocycles. The second-order valence-corrected chi connectivity index (χ2v) is 6.89. The van der Waals surface area contributed by atoms with Gasteiger partial charge in [0.2, 0.25) is 5.43 Å². The highest BCUT2D eigenvalue weighted by molar-refractivity contribution is 5.97. The molecule has 3 N–H and O–H groups in total. The fourth-order valence-corrected chi connectivity index (χ4v) is 3.12. The summed E-state index contributed by atoms with van der Waals surface area (Å²) in [5, 5.41) is 12.1. The van der Waals surface area contributed by atoms with Crippen molar-refractivity contribution in [2.45, 2.75) is 33.6 Å². The lowest BCUT2D eigenvalue weighted by molar-refractivity contribution is 0.0940. The summed E-state index contributed by atoms with van der Waals surface area (Å²) in [5.41, 5.74) is 0.612. The van der Waals surface area contributed by atoms with Gasteiger partial charge in [-0.3, -0.25) is 9.59 Å². The van der Waals surface area contributed by atoms with Crippen LogP contribution in [-0.2, 0) is 0 Å². The Labute approximate surface area is 146 Å². The normalized spacial score (nSPS) is 12.6. The van der Waals surface area contributed by atoms with Gasteiger partial charge in [-0.2, -0.15) is 0 Å². The highest BCUT2D eigenvalue weighted by Gasteiger charge is 2.17. The summed E-state index contributed by atoms with van der Waals surface area (Å²) in [4.78, 5) is 27.8. The fourth-order valence-electron chi connectivity index (χ4n) is 3.12. The number of aromatic amines is 1. The number of pyridine rings is 1. The third kappa shape index (κ3) is 4.66. The number of hydrogen-bond acceptors (Lipinski definition) is 3. The maximum Gasteiger partial charge on any atom is 0.256 e. The zero-order valence-corrected chi connectivity index (χ0v) is 14.9. The van der Waals surface area contributed by atoms with Crippen molar-refractivity contribution in [3.8, 4) is 0 Å². The van der Waals surface area contributed by atoms with Crippen LogP contribution < -0.4 is 10.7 Å². The number of halogens is 1. The van der Waals surface area contributed by atoms with Gasteiger partial charge in [0, 0.05) is 24.7 Å². The van der Waals surface area contributed by atoms with E-state index in [2.05, 4.69) is 24.1 Å². The molecule has 2 rings (SSSR count). The standard InChI is InChI=1S/C19H25FN2O3/c1-11(2)6-13(4-5-23)9-22-19(25)16-10-21-17-12(3)7-14(20)8-15(17)18(16)24/h7-8,10-11,13,23H,4-6,9H2,1-3H3,(H,21,24)(H,22,25). The minimum atomic E-state index is -0.506. The number of rotatable bonds is 7. The number of carbonyl (C=O) groups excluding carboxylic acids is 1. The van der Waals surface area contributed by atoms with Crippen LogP contribution in [0.25, 0.3) is 10.9 Å². The molecule has 0 aliphatic rings. The Morgan fingerprint density at radius 1 is 1.36 bits per heavy atom. The van der Waals surface area contributed by atoms with E-state index < -0.39 is 17.2 Å². The lowest BCUT2D eigenvalue weighted by Crippen LogP contribution is -2.33. The molecule has 1 amide bonds. The zero-order valence-electron chi connectivity index (χ0n) is 14.9. The minimum absolute atomic E-state index is 0.0372. The lowest BCUT2D eigenvalue weighted by Gasteiger charge is -2.18. The molecular formula is C19H25FN2O3. The number of nitrogens with one attached hydrogen (secondary N) is 2. The van der Waals surface area contributed by atoms with E-state index in [0.29, 0.717) is 30.0 Å². The summed E-state index contributed by atoms with van der Waals surface area (Å²) in [6.07, 6.45) is 2.84. The molecule has 0 aliphatic heterocycles. The Kier molecular flexibility index (Phi) is 6.31. The van der Waals surface area contributed by atoms with Crippen LogP contribution in [0, 0.1) is 24.6 Å². The maximum atomic E-state index is 13.6. The first kappa shape index (κ1) is 19.1. The summed E-state index contributed by atoms with van der Waals surface area (Å²) >= 11 is 0. The quantitative estimate of drug-likeness (QED) is 0.719. The molecule has 0 saturated carbocycles. The number of aromatic nitrogens is 1. The van der Waals surface area contributed by atoms with Crippen LogP contribution in [0.4, 0.5) is 4.39 Å². The Morgan fingerprint density at radius 2 is 2.08 bits per heavy atom. The number of benzene rings is 1. The van der Waals surface area contributed by atoms with Crippen LogP contribution in [-0.4, -0.2) is 29.1 Å². The first-order chi connectivity index (χ1) is 11.8. The molecule has 25 heavy (non-hydrogen) atoms. The van der Waals surface area contributed by atoms with Gasteiger partial charge in [0.05, 0.1) is 5.52 Å². The summed E-state index contributed by atoms with van der Waals surface area (Å²) in [6.45, 7) is 6.31. The molecular weight excluding hydrogens is 323 g/mol. The van der Waals surface area contributed by atoms with Crippen molar-refractivity contribution < 1.29 is 14.3 Å². The first-order valence-corrected chi connectivity index (χ1v) is 8.54. The first-order valence-electron chi connectivity index (χ1n) is 8.54. The molecule has 0 radical (unpaired) electrons. The predicted octanol–water partition coefficient (Wildman–Crippen LogP) is 2.75. The highest BCUT2D eigenvalue weighted by atomic mass is 19.1. The van der Waals surface area contributed by atoms with E-state index in [9.17, 15) is 14.0 Å². The van der Waals surface area contributed by atoms with Crippen molar-refractivity contribution in [3.63, 3.8) is 0 Å². The fraction of sp³-hybridized carbons (Fsp3) is 0.474. The smallest absolute Gasteiger partial charge is 0.256 e. The van der Waals surface area contributed by atoms with Gasteiger partial charge in [0.1, 0.15) is 11.4 Å². The predicted molar refractivity (Wildman–Crippen MR) is 96.2 cm³/mol. The molecule has 6 heteroatoms. The summed E-state index contributed by atoms with van der Waals surface area (Å²) < 4.78 is 13.6. The van der Waals surface area contributed by atoms with Gasteiger partial charge in [-0.05, 0) is 49.3 Å². The number of fused-ring (bicyclic) bond motifs is 1. The zero-order chi connectivity index (χ0) is 18.6. The van der Waals surface area contributed by atoms with Crippen LogP contribution in [0.2, 0.25) is 0 Å². The van der Waals surface area contributed by atoms with Crippen LogP contribution in [0.15, 0.2) is 23.1 Å². The van der Waals surface area contributed by atoms with Gasteiger partial charge in [-0.1, -0.05) is 13.8 Å². The second kappa shape index (κ2) is 8.25. The van der Waals surface area contributed by atoms with Crippen molar-refractivity contribution >= 4 is 16.8 Å². The van der Waals surface area contributed by atoms with Crippen LogP contribution >= 0.6 is 0 Å². The topological polar surface area (TPSA) is 82.2 Å². The van der Waals surface area contributed by atoms with Crippen molar-refractivity contribution in [2.75, 3.05) is 13.2 Å². The third-order valence-corrected chi connectivity index (χ3v) is 4.29. The SMILES string of the molecule is Cc1cc(F)cc2c(=O)c(C(=O)NCC(CCO)CC(C)C)c[nH]c12. The molecule has 1 heterocycles. The number of aryl methyl sites for hydroxylation is 1. The maximum absolute atomic E-state index is 13.6. The molecule has 1 aromatic heterocycles. The third-order valence-electron chi connectivity index (χ3n) is 4.29. The number of carbonyl (C=O) groups is 1. The van der Waals surface area contributed by atoms with E-state index >= 15 is 0 Å². The molecule has 1 atom stereocenters. The summed E-state index contributed by atoms with van der Waals surface area (Å²) in [7, 11) is 0. The van der Waals surface area contributed by atoms with Gasteiger partial charge in [-0.25, -0.2) is 4.39 Å². The molecule has 0 spiro atoms. The van der Waals surface area contributed by atoms with Gasteiger partial charge < -0.3 is 15.4 Å². The Morgan fingerprint density at radius 3 is 2.72 bits per heavy atom. The van der Waals surface area contributed by atoms with E-state index in [-0.39, 0.29) is 23.5 Å². The molecule has 5 nitrogen and oxygen atoms in total. The largest absolute Gasteiger partial charge is 0.396 e. The van der Waals surface area contributed by atoms with Crippen molar-refractivity contribution in [1.82, 2.24) is 10.3 Å². The average molecular weight is 348 g/mol. The van der Waals surface area contributed by atoms with Gasteiger partial charge >= 0.3 is 0 Å². The Bertz CT molecular complexity index is 814. The van der Waals surface area contributed by atoms with Crippen LogP contribution in [0.3, 0.4) is 0 Å². The van der Waals surface area contributed by atoms with Gasteiger partial charge in [-0.15, -0.1) is 0 Å². The highest BCUT2D eigenvalue weighted by Crippen LogP contribution is 2.16. The lowest BCUT2D eigenvalue weighted by atomic mass is 9.94. The number of aliphatic hydroxyl groups excluding tert-OH is 1. The van der Waals surface area contributed by atoms with Crippen LogP contribution in [0.1, 0.15) is 42.6 Å². The number of hydrogen-bond donors (Lipinski definition) is 3. The summed E-state index contributed by atoms with van der Waals surface area (Å²) in [5.74, 6) is -0.401. The van der Waals surface area contributed by atoms with Gasteiger partial charge in [0.25, 0.3) is 5.91 Å². The van der Waals surface area contributed by atoms with Crippen molar-refractivity contribution in [1.29, 1.82) is 0 Å². The number of H-pyrrole nitrogens is 1. The average Bonchev–Trinajstić information content (AvgIpc) is 2.53. The second-order valence-electron chi connectivity index (χ2n) is 6.89. The van der Waals surface area contributed by atoms with E-state index in [1.165, 1.54) is 12.3 Å². The van der Waals surface area contributed by atoms with E-state index in [4.69, 9.17) is 5.11 Å². The molecule has 0 bridgehead atoms. The van der Waals surface area contributed by atoms with E-state index in [1.54, 1.807) is 6.92 Å². The monoisotopic (exact) mass is 348 g/mol. The van der Waals surface area contributed by atoms with E-state index in [0.717, 1.165) is 12.5 Å². The molecule has 0 fully saturated rings. The molecule has 136 valence electrons. The van der Waals surface area contributed by atoms with Crippen LogP contribution in [0.5, 0.6) is 0 Å². The molecule has 0 saturated heterocycles. The molecule has 1 aromatic carbocycles. The molecule has 2 aromatic rings. The number of aliphatic hydroxyl groups is 1. The number of amides is 1. The molecule has 1 unspecified atom stereocenters. The van der Waals surface area contributed by atoms with Crippen molar-refractivity contribution in [3.05, 3.63) is 45.5 Å². The van der Waals surface area contributed by atoms with Crippen molar-refractivity contribution in [2.24, 2.45) is 11.8 Å². The summed E-state index contributed by atoms with van der Waals surface area (Å²) in [6, 6.07) is 2.48. The van der Waals surface area contributed by atoms with E-state index in [1.807, 2.05) is 0 Å². The minimum Gasteiger partial charge on any atom is -0.396 e. The van der Waals surface area contributed by atoms with Gasteiger partial charge in [0.15, 0.2) is 0 Å². The Balaban J connectivity index is 2.22.